The molecular formula is C18H18N4OS. The van der Waals surface area contributed by atoms with Gasteiger partial charge in [0.25, 0.3) is 5.91 Å². The van der Waals surface area contributed by atoms with E-state index in [-0.39, 0.29) is 11.9 Å². The van der Waals surface area contributed by atoms with Gasteiger partial charge in [-0.15, -0.1) is 5.10 Å². The molecule has 5 nitrogen and oxygen atoms in total. The maximum Gasteiger partial charge on any atom is 0.265 e. The molecule has 6 heteroatoms. The van der Waals surface area contributed by atoms with Gasteiger partial charge in [-0.2, -0.15) is 0 Å². The van der Waals surface area contributed by atoms with Crippen molar-refractivity contribution >= 4 is 17.4 Å². The van der Waals surface area contributed by atoms with Gasteiger partial charge in [0.2, 0.25) is 0 Å². The van der Waals surface area contributed by atoms with Crippen molar-refractivity contribution in [1.29, 1.82) is 0 Å². The normalized spacial score (nSPS) is 11.9. The second-order valence-corrected chi connectivity index (χ2v) is 6.25. The molecule has 0 fully saturated rings. The molecule has 2 aromatic heterocycles. The minimum absolute atomic E-state index is 0.149. The Kier molecular flexibility index (Phi) is 4.96. The Hall–Kier alpha value is -2.60. The monoisotopic (exact) mass is 338 g/mol. The maximum atomic E-state index is 12.7. The van der Waals surface area contributed by atoms with Crippen LogP contribution in [0.2, 0.25) is 0 Å². The van der Waals surface area contributed by atoms with Crippen molar-refractivity contribution in [1.82, 2.24) is 19.9 Å². The van der Waals surface area contributed by atoms with Crippen LogP contribution in [0.5, 0.6) is 0 Å². The number of hydrogen-bond donors (Lipinski definition) is 1. The summed E-state index contributed by atoms with van der Waals surface area (Å²) in [6.45, 7) is 4.01. The standard InChI is InChI=1S/C18H18N4OS/c1-3-15-17(24-22-21-15)18(23)20-16(14-8-10-19-11-9-14)13-6-4-12(2)5-7-13/h4-11,16H,3H2,1-2H3,(H,20,23)/t16-/m0/s1. The molecule has 3 rings (SSSR count). The van der Waals surface area contributed by atoms with Gasteiger partial charge in [-0.3, -0.25) is 9.78 Å². The predicted octanol–water partition coefficient (Wildman–Crippen LogP) is 3.32. The lowest BCUT2D eigenvalue weighted by molar-refractivity contribution is 0.0946. The van der Waals surface area contributed by atoms with Crippen molar-refractivity contribution in [2.45, 2.75) is 26.3 Å². The average Bonchev–Trinajstić information content (AvgIpc) is 3.10. The van der Waals surface area contributed by atoms with Crippen LogP contribution in [0.1, 0.15) is 45.0 Å². The minimum Gasteiger partial charge on any atom is -0.340 e. The number of carbonyl (C=O) groups is 1. The maximum absolute atomic E-state index is 12.7. The van der Waals surface area contributed by atoms with E-state index >= 15 is 0 Å². The molecule has 1 amide bonds. The molecule has 0 radical (unpaired) electrons. The first-order valence-electron chi connectivity index (χ1n) is 7.77. The lowest BCUT2D eigenvalue weighted by atomic mass is 9.98. The summed E-state index contributed by atoms with van der Waals surface area (Å²) >= 11 is 1.13. The zero-order valence-corrected chi connectivity index (χ0v) is 14.4. The Morgan fingerprint density at radius 3 is 2.46 bits per heavy atom. The van der Waals surface area contributed by atoms with Crippen LogP contribution in [0.3, 0.4) is 0 Å². The molecule has 1 atom stereocenters. The van der Waals surface area contributed by atoms with E-state index in [1.807, 2.05) is 50.2 Å². The molecule has 0 aliphatic carbocycles. The molecule has 3 aromatic rings. The number of pyridine rings is 1. The third-order valence-corrected chi connectivity index (χ3v) is 4.59. The zero-order valence-electron chi connectivity index (χ0n) is 13.6. The van der Waals surface area contributed by atoms with Gasteiger partial charge in [0.05, 0.1) is 11.7 Å². The third kappa shape index (κ3) is 3.49. The first-order valence-corrected chi connectivity index (χ1v) is 8.55. The highest BCUT2D eigenvalue weighted by Gasteiger charge is 2.21. The van der Waals surface area contributed by atoms with E-state index in [1.54, 1.807) is 12.4 Å². The number of amides is 1. The number of benzene rings is 1. The van der Waals surface area contributed by atoms with E-state index in [2.05, 4.69) is 19.9 Å². The number of rotatable bonds is 5. The molecule has 0 saturated carbocycles. The van der Waals surface area contributed by atoms with Crippen molar-refractivity contribution in [3.63, 3.8) is 0 Å². The van der Waals surface area contributed by atoms with Crippen molar-refractivity contribution < 1.29 is 4.79 Å². The van der Waals surface area contributed by atoms with Crippen molar-refractivity contribution in [2.75, 3.05) is 0 Å². The molecule has 122 valence electrons. The Labute approximate surface area is 144 Å². The lowest BCUT2D eigenvalue weighted by Crippen LogP contribution is -2.29. The van der Waals surface area contributed by atoms with Gasteiger partial charge in [0, 0.05) is 12.4 Å². The summed E-state index contributed by atoms with van der Waals surface area (Å²) in [6.07, 6.45) is 4.15. The highest BCUT2D eigenvalue weighted by Crippen LogP contribution is 2.23. The molecule has 0 aliphatic heterocycles. The Morgan fingerprint density at radius 2 is 1.79 bits per heavy atom. The van der Waals surface area contributed by atoms with E-state index < -0.39 is 0 Å². The van der Waals surface area contributed by atoms with Crippen molar-refractivity contribution in [2.24, 2.45) is 0 Å². The molecule has 0 bridgehead atoms. The van der Waals surface area contributed by atoms with Gasteiger partial charge in [0.15, 0.2) is 0 Å². The van der Waals surface area contributed by atoms with Crippen LogP contribution < -0.4 is 5.32 Å². The number of hydrogen-bond acceptors (Lipinski definition) is 5. The van der Waals surface area contributed by atoms with E-state index in [1.165, 1.54) is 5.56 Å². The second-order valence-electron chi connectivity index (χ2n) is 5.50. The molecule has 0 unspecified atom stereocenters. The summed E-state index contributed by atoms with van der Waals surface area (Å²) in [6, 6.07) is 11.7. The van der Waals surface area contributed by atoms with Gasteiger partial charge < -0.3 is 5.32 Å². The van der Waals surface area contributed by atoms with Crippen LogP contribution in [0, 0.1) is 6.92 Å². The van der Waals surface area contributed by atoms with Crippen molar-refractivity contribution in [3.8, 4) is 0 Å². The van der Waals surface area contributed by atoms with Crippen LogP contribution in [-0.2, 0) is 6.42 Å². The number of nitrogens with zero attached hydrogens (tertiary/aromatic N) is 3. The van der Waals surface area contributed by atoms with Gasteiger partial charge >= 0.3 is 0 Å². The van der Waals surface area contributed by atoms with E-state index in [0.29, 0.717) is 11.3 Å². The largest absolute Gasteiger partial charge is 0.340 e. The van der Waals surface area contributed by atoms with E-state index in [0.717, 1.165) is 28.4 Å². The van der Waals surface area contributed by atoms with Crippen LogP contribution >= 0.6 is 11.5 Å². The lowest BCUT2D eigenvalue weighted by Gasteiger charge is -2.19. The van der Waals surface area contributed by atoms with E-state index in [4.69, 9.17) is 0 Å². The Bertz CT molecular complexity index is 815. The molecule has 2 heterocycles. The van der Waals surface area contributed by atoms with Crippen LogP contribution in [0.4, 0.5) is 0 Å². The SMILES string of the molecule is CCc1nnsc1C(=O)N[C@H](c1ccncc1)c1ccc(C)cc1. The van der Waals surface area contributed by atoms with Gasteiger partial charge in [-0.1, -0.05) is 41.2 Å². The molecule has 0 spiro atoms. The van der Waals surface area contributed by atoms with Gasteiger partial charge in [0.1, 0.15) is 4.88 Å². The summed E-state index contributed by atoms with van der Waals surface area (Å²) in [5.41, 5.74) is 3.92. The van der Waals surface area contributed by atoms with Crippen molar-refractivity contribution in [3.05, 3.63) is 76.1 Å². The fourth-order valence-electron chi connectivity index (χ4n) is 2.48. The van der Waals surface area contributed by atoms with Crippen LogP contribution in [0.15, 0.2) is 48.8 Å². The molecule has 0 aliphatic rings. The number of aromatic nitrogens is 3. The predicted molar refractivity (Wildman–Crippen MR) is 94.0 cm³/mol. The summed E-state index contributed by atoms with van der Waals surface area (Å²) in [5, 5.41) is 7.13. The highest BCUT2D eigenvalue weighted by atomic mass is 32.1. The van der Waals surface area contributed by atoms with E-state index in [9.17, 15) is 4.79 Å². The molecule has 24 heavy (non-hydrogen) atoms. The fraction of sp³-hybridized carbons (Fsp3) is 0.222. The summed E-state index contributed by atoms with van der Waals surface area (Å²) in [7, 11) is 0. The third-order valence-electron chi connectivity index (χ3n) is 3.82. The number of carbonyl (C=O) groups excluding carboxylic acids is 1. The van der Waals surface area contributed by atoms with Gasteiger partial charge in [-0.05, 0) is 48.1 Å². The molecule has 1 aromatic carbocycles. The van der Waals surface area contributed by atoms with Crippen LogP contribution in [0.25, 0.3) is 0 Å². The average molecular weight is 338 g/mol. The summed E-state index contributed by atoms with van der Waals surface area (Å²) in [4.78, 5) is 17.3. The molecular weight excluding hydrogens is 320 g/mol. The summed E-state index contributed by atoms with van der Waals surface area (Å²) < 4.78 is 3.90. The minimum atomic E-state index is -0.243. The first-order chi connectivity index (χ1) is 11.7. The Morgan fingerprint density at radius 1 is 1.12 bits per heavy atom. The zero-order chi connectivity index (χ0) is 16.9. The highest BCUT2D eigenvalue weighted by molar-refractivity contribution is 7.08. The quantitative estimate of drug-likeness (QED) is 0.775. The first kappa shape index (κ1) is 16.3. The Balaban J connectivity index is 1.93. The smallest absolute Gasteiger partial charge is 0.265 e. The van der Waals surface area contributed by atoms with Crippen LogP contribution in [-0.4, -0.2) is 20.5 Å². The second kappa shape index (κ2) is 7.31. The molecule has 1 N–H and O–H groups in total. The fourth-order valence-corrected chi connectivity index (χ4v) is 3.14. The number of aryl methyl sites for hydroxylation is 2. The molecule has 0 saturated heterocycles. The topological polar surface area (TPSA) is 67.8 Å². The summed E-state index contributed by atoms with van der Waals surface area (Å²) in [5.74, 6) is -0.149. The van der Waals surface area contributed by atoms with Gasteiger partial charge in [-0.25, -0.2) is 0 Å². The number of nitrogens with one attached hydrogen (secondary N) is 1.